The monoisotopic (exact) mass is 352 g/mol. The third-order valence-corrected chi connectivity index (χ3v) is 6.23. The highest BCUT2D eigenvalue weighted by molar-refractivity contribution is 5.60. The number of hydrogen-bond donors (Lipinski definition) is 3. The first-order valence-electron chi connectivity index (χ1n) is 10.2. The first-order valence-corrected chi connectivity index (χ1v) is 10.2. The van der Waals surface area contributed by atoms with E-state index in [2.05, 4.69) is 26.2 Å². The maximum absolute atomic E-state index is 12.4. The van der Waals surface area contributed by atoms with Crippen LogP contribution in [0.4, 0.5) is 0 Å². The lowest BCUT2D eigenvalue weighted by Crippen LogP contribution is -2.34. The minimum atomic E-state index is -0.00380. The first kappa shape index (κ1) is 16.2. The second kappa shape index (κ2) is 6.62. The van der Waals surface area contributed by atoms with Gasteiger partial charge in [-0.3, -0.25) is 19.9 Å². The summed E-state index contributed by atoms with van der Waals surface area (Å²) >= 11 is 0. The molecule has 5 heteroatoms. The van der Waals surface area contributed by atoms with E-state index >= 15 is 0 Å². The molecule has 3 N–H and O–H groups in total. The molecule has 0 bridgehead atoms. The number of hydrogen-bond acceptors (Lipinski definition) is 2. The molecule has 138 valence electrons. The van der Waals surface area contributed by atoms with Crippen LogP contribution in [0.1, 0.15) is 67.5 Å². The second-order valence-corrected chi connectivity index (χ2v) is 8.13. The van der Waals surface area contributed by atoms with E-state index in [1.807, 2.05) is 0 Å². The average Bonchev–Trinajstić information content (AvgIpc) is 3.37. The summed E-state index contributed by atoms with van der Waals surface area (Å²) < 4.78 is 0. The largest absolute Gasteiger partial charge is 0.358 e. The zero-order valence-corrected chi connectivity index (χ0v) is 15.4. The third kappa shape index (κ3) is 2.98. The van der Waals surface area contributed by atoms with E-state index in [0.717, 1.165) is 42.1 Å². The van der Waals surface area contributed by atoms with E-state index in [-0.39, 0.29) is 5.56 Å². The van der Waals surface area contributed by atoms with Gasteiger partial charge in [-0.1, -0.05) is 6.42 Å². The molecule has 26 heavy (non-hydrogen) atoms. The molecule has 1 saturated carbocycles. The van der Waals surface area contributed by atoms with Crippen LogP contribution in [0.5, 0.6) is 0 Å². The van der Waals surface area contributed by atoms with Crippen molar-refractivity contribution in [3.63, 3.8) is 0 Å². The predicted octanol–water partition coefficient (Wildman–Crippen LogP) is 1.67. The molecule has 1 saturated heterocycles. The fourth-order valence-electron chi connectivity index (χ4n) is 4.66. The fourth-order valence-corrected chi connectivity index (χ4v) is 4.66. The maximum atomic E-state index is 12.4. The van der Waals surface area contributed by atoms with Gasteiger partial charge in [-0.25, -0.2) is 0 Å². The highest BCUT2D eigenvalue weighted by Gasteiger charge is 2.22. The van der Waals surface area contributed by atoms with Gasteiger partial charge in [0.25, 0.3) is 5.56 Å². The summed E-state index contributed by atoms with van der Waals surface area (Å²) in [4.78, 5) is 18.6. The van der Waals surface area contributed by atoms with Crippen LogP contribution in [0.15, 0.2) is 4.79 Å². The minimum Gasteiger partial charge on any atom is -0.358 e. The van der Waals surface area contributed by atoms with Gasteiger partial charge >= 0.3 is 0 Å². The number of piperidine rings is 1. The summed E-state index contributed by atoms with van der Waals surface area (Å²) in [5.74, 6) is 0. The number of nitrogens with one attached hydrogen (secondary N) is 3. The van der Waals surface area contributed by atoms with Crippen LogP contribution in [-0.4, -0.2) is 33.2 Å². The Morgan fingerprint density at radius 3 is 2.54 bits per heavy atom. The molecule has 0 unspecified atom stereocenters. The van der Waals surface area contributed by atoms with E-state index < -0.39 is 0 Å². The van der Waals surface area contributed by atoms with Gasteiger partial charge in [-0.2, -0.15) is 0 Å². The van der Waals surface area contributed by atoms with Crippen LogP contribution in [-0.2, 0) is 19.4 Å². The van der Waals surface area contributed by atoms with Gasteiger partial charge in [0, 0.05) is 17.9 Å². The van der Waals surface area contributed by atoms with Gasteiger partial charge in [0.05, 0.1) is 10.6 Å². The molecule has 5 rings (SSSR count). The topological polar surface area (TPSA) is 67.7 Å². The lowest BCUT2D eigenvalue weighted by molar-refractivity contribution is 0.220. The van der Waals surface area contributed by atoms with Gasteiger partial charge < -0.3 is 4.98 Å². The maximum Gasteiger partial charge on any atom is 0.271 e. The Hall–Kier alpha value is -2.01. The van der Waals surface area contributed by atoms with E-state index in [1.54, 1.807) is 0 Å². The predicted molar refractivity (Wildman–Crippen MR) is 103 cm³/mol. The number of fused-ring (bicyclic) bond motifs is 1. The number of aromatic nitrogens is 3. The van der Waals surface area contributed by atoms with Crippen molar-refractivity contribution in [3.8, 4) is 0 Å². The summed E-state index contributed by atoms with van der Waals surface area (Å²) in [5.41, 5.74) is 6.89. The Morgan fingerprint density at radius 1 is 0.923 bits per heavy atom. The van der Waals surface area contributed by atoms with Gasteiger partial charge in [-0.15, -0.1) is 0 Å². The molecule has 0 radical (unpaired) electrons. The standard InChI is InChI=1S/C21H28N4O/c26-21-16(20(23-24-21)14-8-9-14)12-19-17(13-25-10-4-1-5-11-25)15-6-2-3-7-18(15)22-19/h12,22-23H,1-11,13H2,(H,24,26). The molecule has 2 aromatic heterocycles. The van der Waals surface area contributed by atoms with E-state index in [9.17, 15) is 4.79 Å². The van der Waals surface area contributed by atoms with Crippen LogP contribution in [0.25, 0.3) is 11.6 Å². The van der Waals surface area contributed by atoms with Crippen molar-refractivity contribution in [2.75, 3.05) is 13.1 Å². The molecule has 1 aliphatic heterocycles. The molecular weight excluding hydrogens is 324 g/mol. The minimum absolute atomic E-state index is 0.00380. The lowest BCUT2D eigenvalue weighted by Gasteiger charge is -2.27. The van der Waals surface area contributed by atoms with Crippen molar-refractivity contribution in [2.45, 2.75) is 64.3 Å². The molecule has 0 aromatic carbocycles. The molecule has 0 spiro atoms. The molecule has 3 aliphatic rings. The molecule has 3 heterocycles. The van der Waals surface area contributed by atoms with Crippen molar-refractivity contribution in [3.05, 3.63) is 43.4 Å². The number of nitrogens with zero attached hydrogens (tertiary/aromatic N) is 1. The number of rotatable bonds is 3. The van der Waals surface area contributed by atoms with Gasteiger partial charge in [0.15, 0.2) is 0 Å². The SMILES string of the molecule is O=c1[nH][nH]c(=C2CC2)c1=Cc1[nH]c2c(c1CN1CCCCC1)CCCC2. The van der Waals surface area contributed by atoms with Gasteiger partial charge in [-0.05, 0) is 87.2 Å². The van der Waals surface area contributed by atoms with E-state index in [4.69, 9.17) is 0 Å². The number of aromatic amines is 3. The normalized spacial score (nSPS) is 21.2. The number of aryl methyl sites for hydroxylation is 1. The van der Waals surface area contributed by atoms with Gasteiger partial charge in [0.2, 0.25) is 0 Å². The zero-order valence-electron chi connectivity index (χ0n) is 15.4. The van der Waals surface area contributed by atoms with E-state index in [1.165, 1.54) is 74.0 Å². The summed E-state index contributed by atoms with van der Waals surface area (Å²) in [6.07, 6.45) is 13.2. The Labute approximate surface area is 153 Å². The molecule has 2 aromatic rings. The van der Waals surface area contributed by atoms with Crippen LogP contribution in [0.3, 0.4) is 0 Å². The number of H-pyrrole nitrogens is 3. The Morgan fingerprint density at radius 2 is 1.73 bits per heavy atom. The molecule has 2 aliphatic carbocycles. The van der Waals surface area contributed by atoms with Crippen LogP contribution in [0, 0.1) is 0 Å². The highest BCUT2D eigenvalue weighted by Crippen LogP contribution is 2.29. The quantitative estimate of drug-likeness (QED) is 0.787. The highest BCUT2D eigenvalue weighted by atomic mass is 16.1. The molecule has 2 fully saturated rings. The summed E-state index contributed by atoms with van der Waals surface area (Å²) in [6.45, 7) is 3.42. The molecule has 0 atom stereocenters. The smallest absolute Gasteiger partial charge is 0.271 e. The molecular formula is C21H28N4O. The second-order valence-electron chi connectivity index (χ2n) is 8.13. The summed E-state index contributed by atoms with van der Waals surface area (Å²) in [7, 11) is 0. The summed E-state index contributed by atoms with van der Waals surface area (Å²) in [6, 6.07) is 0. The van der Waals surface area contributed by atoms with Crippen molar-refractivity contribution in [2.24, 2.45) is 0 Å². The average molecular weight is 352 g/mol. The zero-order chi connectivity index (χ0) is 17.5. The van der Waals surface area contributed by atoms with Crippen molar-refractivity contribution >= 4 is 11.6 Å². The fraction of sp³-hybridized carbons (Fsp3) is 0.571. The van der Waals surface area contributed by atoms with Crippen molar-refractivity contribution in [1.82, 2.24) is 20.1 Å². The third-order valence-electron chi connectivity index (χ3n) is 6.23. The van der Waals surface area contributed by atoms with E-state index in [0.29, 0.717) is 0 Å². The molecule has 0 amide bonds. The van der Waals surface area contributed by atoms with Crippen molar-refractivity contribution < 1.29 is 0 Å². The van der Waals surface area contributed by atoms with Gasteiger partial charge in [0.1, 0.15) is 0 Å². The molecule has 5 nitrogen and oxygen atoms in total. The number of likely N-dealkylation sites (tertiary alicyclic amines) is 1. The van der Waals surface area contributed by atoms with Crippen LogP contribution >= 0.6 is 0 Å². The Bertz CT molecular complexity index is 978. The van der Waals surface area contributed by atoms with Crippen LogP contribution in [0.2, 0.25) is 0 Å². The Kier molecular flexibility index (Phi) is 4.12. The van der Waals surface area contributed by atoms with Crippen molar-refractivity contribution in [1.29, 1.82) is 0 Å². The summed E-state index contributed by atoms with van der Waals surface area (Å²) in [5, 5.41) is 7.69. The first-order chi connectivity index (χ1) is 12.8. The van der Waals surface area contributed by atoms with Crippen LogP contribution < -0.4 is 16.1 Å². The Balaban J connectivity index is 1.61. The lowest BCUT2D eigenvalue weighted by atomic mass is 9.94.